The second kappa shape index (κ2) is 8.54. The van der Waals surface area contributed by atoms with Crippen LogP contribution >= 0.6 is 0 Å². The number of nitrogens with one attached hydrogen (secondary N) is 1. The van der Waals surface area contributed by atoms with Crippen molar-refractivity contribution in [2.24, 2.45) is 7.05 Å². The largest absolute Gasteiger partial charge is 0.493 e. The highest BCUT2D eigenvalue weighted by atomic mass is 16.5. The molecule has 1 unspecified atom stereocenters. The van der Waals surface area contributed by atoms with E-state index in [1.165, 1.54) is 11.1 Å². The molecule has 1 atom stereocenters. The molecule has 2 aromatic carbocycles. The molecule has 0 fully saturated rings. The highest BCUT2D eigenvalue weighted by molar-refractivity contribution is 5.43. The Morgan fingerprint density at radius 1 is 1.04 bits per heavy atom. The molecule has 0 bridgehead atoms. The van der Waals surface area contributed by atoms with Crippen molar-refractivity contribution in [2.45, 2.75) is 19.0 Å². The molecular weight excluding hydrogens is 326 g/mol. The first kappa shape index (κ1) is 18.0. The van der Waals surface area contributed by atoms with Gasteiger partial charge in [-0.05, 0) is 29.7 Å². The lowest BCUT2D eigenvalue weighted by Crippen LogP contribution is -2.24. The monoisotopic (exact) mass is 351 g/mol. The number of hydrogen-bond donors (Lipinski definition) is 1. The summed E-state index contributed by atoms with van der Waals surface area (Å²) in [4.78, 5) is 4.19. The number of aromatic nitrogens is 2. The Labute approximate surface area is 154 Å². The summed E-state index contributed by atoms with van der Waals surface area (Å²) in [6, 6.07) is 16.8. The molecule has 0 saturated carbocycles. The summed E-state index contributed by atoms with van der Waals surface area (Å²) in [5.74, 6) is 1.50. The van der Waals surface area contributed by atoms with Crippen LogP contribution < -0.4 is 14.8 Å². The second-order valence-corrected chi connectivity index (χ2v) is 6.23. The molecule has 1 heterocycles. The molecule has 0 aliphatic carbocycles. The predicted molar refractivity (Wildman–Crippen MR) is 102 cm³/mol. The van der Waals surface area contributed by atoms with Crippen LogP contribution in [0.2, 0.25) is 0 Å². The normalized spacial score (nSPS) is 12.0. The van der Waals surface area contributed by atoms with Crippen molar-refractivity contribution in [3.8, 4) is 11.5 Å². The van der Waals surface area contributed by atoms with Gasteiger partial charge in [-0.15, -0.1) is 0 Å². The van der Waals surface area contributed by atoms with Crippen LogP contribution in [-0.4, -0.2) is 23.8 Å². The van der Waals surface area contributed by atoms with Gasteiger partial charge < -0.3 is 19.4 Å². The zero-order chi connectivity index (χ0) is 18.4. The number of nitrogens with zero attached hydrogens (tertiary/aromatic N) is 2. The van der Waals surface area contributed by atoms with E-state index in [1.807, 2.05) is 42.3 Å². The van der Waals surface area contributed by atoms with E-state index in [9.17, 15) is 0 Å². The van der Waals surface area contributed by atoms with E-state index in [-0.39, 0.29) is 6.04 Å². The van der Waals surface area contributed by atoms with E-state index in [2.05, 4.69) is 40.6 Å². The Morgan fingerprint density at radius 3 is 2.46 bits per heavy atom. The summed E-state index contributed by atoms with van der Waals surface area (Å²) in [7, 11) is 5.33. The van der Waals surface area contributed by atoms with Crippen LogP contribution in [0, 0.1) is 0 Å². The van der Waals surface area contributed by atoms with Gasteiger partial charge in [-0.1, -0.05) is 36.4 Å². The first-order valence-electron chi connectivity index (χ1n) is 8.65. The number of methoxy groups -OCH3 is 2. The lowest BCUT2D eigenvalue weighted by molar-refractivity contribution is 0.354. The van der Waals surface area contributed by atoms with Crippen molar-refractivity contribution in [1.29, 1.82) is 0 Å². The maximum absolute atomic E-state index is 5.44. The Morgan fingerprint density at radius 2 is 1.81 bits per heavy atom. The van der Waals surface area contributed by atoms with Crippen molar-refractivity contribution < 1.29 is 9.47 Å². The van der Waals surface area contributed by atoms with Crippen molar-refractivity contribution in [1.82, 2.24) is 14.9 Å². The minimum absolute atomic E-state index is 0.184. The Balaban J connectivity index is 1.80. The van der Waals surface area contributed by atoms with Crippen molar-refractivity contribution in [2.75, 3.05) is 14.2 Å². The standard InChI is InChI=1S/C21H25N3O2/c1-24-15-22-13-18(24)14-23-19(17-7-5-4-6-8-17)11-16-9-10-20(25-2)21(12-16)26-3/h4-10,12-13,15,19,23H,11,14H2,1-3H3. The summed E-state index contributed by atoms with van der Waals surface area (Å²) in [6.45, 7) is 0.753. The molecule has 3 rings (SSSR count). The van der Waals surface area contributed by atoms with Crippen LogP contribution in [0.4, 0.5) is 0 Å². The van der Waals surface area contributed by atoms with E-state index >= 15 is 0 Å². The summed E-state index contributed by atoms with van der Waals surface area (Å²) < 4.78 is 12.8. The SMILES string of the molecule is COc1ccc(CC(NCc2cncn2C)c2ccccc2)cc1OC. The molecule has 5 nitrogen and oxygen atoms in total. The number of imidazole rings is 1. The third-order valence-corrected chi connectivity index (χ3v) is 4.54. The lowest BCUT2D eigenvalue weighted by atomic mass is 9.98. The predicted octanol–water partition coefficient (Wildman–Crippen LogP) is 3.51. The van der Waals surface area contributed by atoms with Crippen molar-refractivity contribution in [3.05, 3.63) is 77.9 Å². The van der Waals surface area contributed by atoms with Gasteiger partial charge in [0, 0.05) is 25.8 Å². The Kier molecular flexibility index (Phi) is 5.92. The minimum atomic E-state index is 0.184. The molecule has 0 aliphatic heterocycles. The van der Waals surface area contributed by atoms with Gasteiger partial charge in [0.2, 0.25) is 0 Å². The molecular formula is C21H25N3O2. The molecule has 3 aromatic rings. The zero-order valence-corrected chi connectivity index (χ0v) is 15.5. The van der Waals surface area contributed by atoms with E-state index in [0.717, 1.165) is 30.2 Å². The van der Waals surface area contributed by atoms with E-state index in [1.54, 1.807) is 14.2 Å². The Bertz CT molecular complexity index is 830. The quantitative estimate of drug-likeness (QED) is 0.675. The second-order valence-electron chi connectivity index (χ2n) is 6.23. The van der Waals surface area contributed by atoms with Gasteiger partial charge in [0.1, 0.15) is 0 Å². The highest BCUT2D eigenvalue weighted by Crippen LogP contribution is 2.29. The molecule has 0 spiro atoms. The fourth-order valence-electron chi connectivity index (χ4n) is 3.02. The smallest absolute Gasteiger partial charge is 0.160 e. The van der Waals surface area contributed by atoms with Crippen LogP contribution in [-0.2, 0) is 20.0 Å². The van der Waals surface area contributed by atoms with Gasteiger partial charge in [0.25, 0.3) is 0 Å². The number of rotatable bonds is 8. The molecule has 26 heavy (non-hydrogen) atoms. The maximum Gasteiger partial charge on any atom is 0.160 e. The van der Waals surface area contributed by atoms with Crippen LogP contribution in [0.5, 0.6) is 11.5 Å². The number of hydrogen-bond acceptors (Lipinski definition) is 4. The number of benzene rings is 2. The third kappa shape index (κ3) is 4.24. The summed E-state index contributed by atoms with van der Waals surface area (Å²) in [6.07, 6.45) is 4.57. The average molecular weight is 351 g/mol. The van der Waals surface area contributed by atoms with Gasteiger partial charge in [-0.2, -0.15) is 0 Å². The molecule has 1 N–H and O–H groups in total. The third-order valence-electron chi connectivity index (χ3n) is 4.54. The Hall–Kier alpha value is -2.79. The molecule has 5 heteroatoms. The minimum Gasteiger partial charge on any atom is -0.493 e. The van der Waals surface area contributed by atoms with E-state index in [0.29, 0.717) is 0 Å². The molecule has 136 valence electrons. The molecule has 0 saturated heterocycles. The summed E-state index contributed by atoms with van der Waals surface area (Å²) in [5, 5.41) is 3.66. The van der Waals surface area contributed by atoms with Gasteiger partial charge in [0.05, 0.1) is 26.2 Å². The number of ether oxygens (including phenoxy) is 2. The van der Waals surface area contributed by atoms with Gasteiger partial charge >= 0.3 is 0 Å². The van der Waals surface area contributed by atoms with Crippen molar-refractivity contribution >= 4 is 0 Å². The summed E-state index contributed by atoms with van der Waals surface area (Å²) in [5.41, 5.74) is 3.59. The molecule has 0 radical (unpaired) electrons. The first-order valence-corrected chi connectivity index (χ1v) is 8.65. The topological polar surface area (TPSA) is 48.3 Å². The van der Waals surface area contributed by atoms with Crippen LogP contribution in [0.25, 0.3) is 0 Å². The van der Waals surface area contributed by atoms with Crippen molar-refractivity contribution in [3.63, 3.8) is 0 Å². The van der Waals surface area contributed by atoms with Gasteiger partial charge in [-0.25, -0.2) is 4.98 Å². The van der Waals surface area contributed by atoms with E-state index < -0.39 is 0 Å². The van der Waals surface area contributed by atoms with Crippen LogP contribution in [0.15, 0.2) is 61.1 Å². The molecule has 1 aromatic heterocycles. The maximum atomic E-state index is 5.44. The van der Waals surface area contributed by atoms with Crippen LogP contribution in [0.1, 0.15) is 22.9 Å². The fourth-order valence-corrected chi connectivity index (χ4v) is 3.02. The molecule has 0 aliphatic rings. The first-order chi connectivity index (χ1) is 12.7. The highest BCUT2D eigenvalue weighted by Gasteiger charge is 2.14. The van der Waals surface area contributed by atoms with Crippen LogP contribution in [0.3, 0.4) is 0 Å². The number of aryl methyl sites for hydroxylation is 1. The zero-order valence-electron chi connectivity index (χ0n) is 15.5. The van der Waals surface area contributed by atoms with Gasteiger partial charge in [-0.3, -0.25) is 0 Å². The fraction of sp³-hybridized carbons (Fsp3) is 0.286. The average Bonchev–Trinajstić information content (AvgIpc) is 3.10. The molecule has 0 amide bonds. The summed E-state index contributed by atoms with van der Waals surface area (Å²) >= 11 is 0. The lowest BCUT2D eigenvalue weighted by Gasteiger charge is -2.20. The van der Waals surface area contributed by atoms with Gasteiger partial charge in [0.15, 0.2) is 11.5 Å². The van der Waals surface area contributed by atoms with E-state index in [4.69, 9.17) is 9.47 Å².